The summed E-state index contributed by atoms with van der Waals surface area (Å²) in [5.74, 6) is -0.167. The van der Waals surface area contributed by atoms with E-state index in [2.05, 4.69) is 15.6 Å². The average Bonchev–Trinajstić information content (AvgIpc) is 3.30. The fourth-order valence-corrected chi connectivity index (χ4v) is 2.89. The van der Waals surface area contributed by atoms with Crippen molar-refractivity contribution in [2.75, 3.05) is 44.8 Å². The van der Waals surface area contributed by atoms with Crippen LogP contribution in [0.4, 0.5) is 16.2 Å². The lowest BCUT2D eigenvalue weighted by Crippen LogP contribution is -2.36. The first kappa shape index (κ1) is 26.7. The van der Waals surface area contributed by atoms with E-state index in [9.17, 15) is 19.7 Å². The van der Waals surface area contributed by atoms with Crippen molar-refractivity contribution in [2.45, 2.75) is 33.2 Å². The van der Waals surface area contributed by atoms with Gasteiger partial charge < -0.3 is 29.4 Å². The summed E-state index contributed by atoms with van der Waals surface area (Å²) >= 11 is 0. The number of nitrogens with zero attached hydrogens (tertiary/aromatic N) is 3. The fourth-order valence-electron chi connectivity index (χ4n) is 2.89. The summed E-state index contributed by atoms with van der Waals surface area (Å²) in [7, 11) is 0. The van der Waals surface area contributed by atoms with E-state index in [1.807, 2.05) is 13.8 Å². The Morgan fingerprint density at radius 3 is 2.44 bits per heavy atom. The van der Waals surface area contributed by atoms with Crippen molar-refractivity contribution >= 4 is 23.3 Å². The molecule has 0 aliphatic carbocycles. The molecule has 0 saturated carbocycles. The van der Waals surface area contributed by atoms with Crippen molar-refractivity contribution in [1.82, 2.24) is 15.2 Å². The smallest absolute Gasteiger partial charge is 0.322 e. The number of anilines is 1. The maximum atomic E-state index is 12.8. The molecule has 34 heavy (non-hydrogen) atoms. The predicted octanol–water partition coefficient (Wildman–Crippen LogP) is 3.20. The molecule has 0 aliphatic rings. The number of oxazole rings is 1. The van der Waals surface area contributed by atoms with E-state index in [-0.39, 0.29) is 29.7 Å². The number of ether oxygens (including phenoxy) is 2. The van der Waals surface area contributed by atoms with E-state index in [0.717, 1.165) is 0 Å². The Morgan fingerprint density at radius 1 is 1.12 bits per heavy atom. The molecule has 186 valence electrons. The molecule has 0 unspecified atom stereocenters. The molecular formula is C22H31N5O7. The highest BCUT2D eigenvalue weighted by Gasteiger charge is 2.19. The van der Waals surface area contributed by atoms with Crippen molar-refractivity contribution in [1.29, 1.82) is 0 Å². The fraction of sp³-hybridized carbons (Fsp3) is 0.500. The summed E-state index contributed by atoms with van der Waals surface area (Å²) in [6.45, 7) is 6.83. The van der Waals surface area contributed by atoms with Gasteiger partial charge in [-0.15, -0.1) is 0 Å². The van der Waals surface area contributed by atoms with Crippen LogP contribution in [0, 0.1) is 10.1 Å². The van der Waals surface area contributed by atoms with Crippen LogP contribution in [-0.4, -0.2) is 66.3 Å². The average molecular weight is 478 g/mol. The van der Waals surface area contributed by atoms with Crippen LogP contribution in [0.15, 0.2) is 34.9 Å². The Hall–Kier alpha value is -3.51. The van der Waals surface area contributed by atoms with Crippen LogP contribution in [0.1, 0.15) is 43.1 Å². The quantitative estimate of drug-likeness (QED) is 0.226. The minimum absolute atomic E-state index is 0.0303. The van der Waals surface area contributed by atoms with Gasteiger partial charge in [-0.3, -0.25) is 14.9 Å². The van der Waals surface area contributed by atoms with Crippen LogP contribution < -0.4 is 10.6 Å². The first-order valence-electron chi connectivity index (χ1n) is 11.1. The molecule has 2 aromatic rings. The van der Waals surface area contributed by atoms with Gasteiger partial charge >= 0.3 is 6.03 Å². The lowest BCUT2D eigenvalue weighted by atomic mass is 10.3. The number of urea groups is 1. The third-order valence-electron chi connectivity index (χ3n) is 4.60. The molecule has 0 fully saturated rings. The second-order valence-corrected chi connectivity index (χ2v) is 7.14. The van der Waals surface area contributed by atoms with E-state index in [1.165, 1.54) is 35.4 Å². The van der Waals surface area contributed by atoms with Crippen molar-refractivity contribution in [3.63, 3.8) is 0 Å². The summed E-state index contributed by atoms with van der Waals surface area (Å²) in [4.78, 5) is 41.0. The van der Waals surface area contributed by atoms with Gasteiger partial charge in [0.1, 0.15) is 6.26 Å². The predicted molar refractivity (Wildman–Crippen MR) is 124 cm³/mol. The van der Waals surface area contributed by atoms with E-state index >= 15 is 0 Å². The van der Waals surface area contributed by atoms with Gasteiger partial charge in [-0.1, -0.05) is 0 Å². The molecule has 12 heteroatoms. The van der Waals surface area contributed by atoms with Gasteiger partial charge in [0.2, 0.25) is 5.89 Å². The zero-order chi connectivity index (χ0) is 24.8. The number of aromatic nitrogens is 1. The van der Waals surface area contributed by atoms with Crippen LogP contribution in [0.2, 0.25) is 0 Å². The van der Waals surface area contributed by atoms with E-state index < -0.39 is 11.0 Å². The lowest BCUT2D eigenvalue weighted by Gasteiger charge is -2.21. The maximum absolute atomic E-state index is 12.8. The number of benzene rings is 1. The number of rotatable bonds is 15. The maximum Gasteiger partial charge on any atom is 0.322 e. The molecule has 0 bridgehead atoms. The van der Waals surface area contributed by atoms with Gasteiger partial charge in [-0.2, -0.15) is 0 Å². The molecule has 0 atom stereocenters. The van der Waals surface area contributed by atoms with Crippen molar-refractivity contribution < 1.29 is 28.4 Å². The van der Waals surface area contributed by atoms with Gasteiger partial charge in [0.15, 0.2) is 5.69 Å². The number of carbonyl (C=O) groups excluding carboxylic acids is 2. The monoisotopic (exact) mass is 477 g/mol. The Balaban J connectivity index is 1.98. The Morgan fingerprint density at radius 2 is 1.79 bits per heavy atom. The normalized spacial score (nSPS) is 10.6. The summed E-state index contributed by atoms with van der Waals surface area (Å²) in [5.41, 5.74) is 0.455. The molecule has 1 aromatic heterocycles. The highest BCUT2D eigenvalue weighted by Crippen LogP contribution is 2.16. The van der Waals surface area contributed by atoms with E-state index in [4.69, 9.17) is 13.9 Å². The van der Waals surface area contributed by atoms with Crippen LogP contribution in [0.3, 0.4) is 0 Å². The standard InChI is InChI=1S/C22H31N5O7/c1-3-32-13-5-11-23-21(28)19-16-34-20(25-19)15-26(12-6-14-33-4-2)22(29)24-17-7-9-18(10-8-17)27(30)31/h7-10,16H,3-6,11-15H2,1-2H3,(H,23,28)(H,24,29). The molecule has 0 spiro atoms. The van der Waals surface area contributed by atoms with Gasteiger partial charge in [0.05, 0.1) is 11.5 Å². The molecular weight excluding hydrogens is 446 g/mol. The van der Waals surface area contributed by atoms with Crippen LogP contribution >= 0.6 is 0 Å². The summed E-state index contributed by atoms with van der Waals surface area (Å²) in [6.07, 6.45) is 2.51. The number of carbonyl (C=O) groups is 2. The molecule has 0 aliphatic heterocycles. The van der Waals surface area contributed by atoms with E-state index in [0.29, 0.717) is 58.0 Å². The molecule has 1 heterocycles. The van der Waals surface area contributed by atoms with Crippen LogP contribution in [0.25, 0.3) is 0 Å². The second kappa shape index (κ2) is 14.6. The molecule has 2 N–H and O–H groups in total. The molecule has 0 radical (unpaired) electrons. The topological polar surface area (TPSA) is 149 Å². The van der Waals surface area contributed by atoms with Crippen LogP contribution in [-0.2, 0) is 16.0 Å². The lowest BCUT2D eigenvalue weighted by molar-refractivity contribution is -0.384. The van der Waals surface area contributed by atoms with Gasteiger partial charge in [-0.05, 0) is 38.8 Å². The highest BCUT2D eigenvalue weighted by molar-refractivity contribution is 5.92. The minimum atomic E-state index is -0.513. The third kappa shape index (κ3) is 9.16. The number of hydrogen-bond acceptors (Lipinski definition) is 8. The summed E-state index contributed by atoms with van der Waals surface area (Å²) in [6, 6.07) is 5.08. The third-order valence-corrected chi connectivity index (χ3v) is 4.60. The largest absolute Gasteiger partial charge is 0.446 e. The molecule has 0 saturated heterocycles. The van der Waals surface area contributed by atoms with Gasteiger partial charge in [0, 0.05) is 57.3 Å². The Kier molecular flexibility index (Phi) is 11.5. The number of nitro benzene ring substituents is 1. The van der Waals surface area contributed by atoms with E-state index in [1.54, 1.807) is 0 Å². The number of nitro groups is 1. The van der Waals surface area contributed by atoms with Gasteiger partial charge in [0.25, 0.3) is 11.6 Å². The number of hydrogen-bond donors (Lipinski definition) is 2. The zero-order valence-electron chi connectivity index (χ0n) is 19.5. The van der Waals surface area contributed by atoms with Crippen molar-refractivity contribution in [2.24, 2.45) is 0 Å². The first-order valence-corrected chi connectivity index (χ1v) is 11.1. The first-order chi connectivity index (χ1) is 16.4. The van der Waals surface area contributed by atoms with Crippen molar-refractivity contribution in [3.8, 4) is 0 Å². The molecule has 2 rings (SSSR count). The van der Waals surface area contributed by atoms with Crippen LogP contribution in [0.5, 0.6) is 0 Å². The SMILES string of the molecule is CCOCCCNC(=O)c1coc(CN(CCCOCC)C(=O)Nc2ccc([N+](=O)[O-])cc2)n1. The Labute approximate surface area is 197 Å². The van der Waals surface area contributed by atoms with Gasteiger partial charge in [-0.25, -0.2) is 9.78 Å². The molecule has 1 aromatic carbocycles. The summed E-state index contributed by atoms with van der Waals surface area (Å²) < 4.78 is 16.0. The Bertz CT molecular complexity index is 917. The number of non-ortho nitro benzene ring substituents is 1. The molecule has 12 nitrogen and oxygen atoms in total. The zero-order valence-corrected chi connectivity index (χ0v) is 19.5. The second-order valence-electron chi connectivity index (χ2n) is 7.14. The highest BCUT2D eigenvalue weighted by atomic mass is 16.6. The molecule has 3 amide bonds. The summed E-state index contributed by atoms with van der Waals surface area (Å²) in [5, 5.41) is 16.3. The number of amides is 3. The minimum Gasteiger partial charge on any atom is -0.446 e. The van der Waals surface area contributed by atoms with Crippen molar-refractivity contribution in [3.05, 3.63) is 52.2 Å². The number of nitrogens with one attached hydrogen (secondary N) is 2.